The van der Waals surface area contributed by atoms with Crippen molar-refractivity contribution in [1.29, 1.82) is 0 Å². The molecule has 5 rings (SSSR count). The van der Waals surface area contributed by atoms with Gasteiger partial charge in [-0.2, -0.15) is 0 Å². The lowest BCUT2D eigenvalue weighted by Crippen LogP contribution is -2.24. The summed E-state index contributed by atoms with van der Waals surface area (Å²) in [4.78, 5) is 41.7. The summed E-state index contributed by atoms with van der Waals surface area (Å²) < 4.78 is 8.74. The van der Waals surface area contributed by atoms with Crippen molar-refractivity contribution >= 4 is 22.2 Å². The number of nitro benzene ring substituents is 1. The van der Waals surface area contributed by atoms with E-state index in [1.165, 1.54) is 25.3 Å². The molecular weight excluding hydrogens is 412 g/mol. The molecule has 2 aromatic carbocycles. The normalized spacial score (nSPS) is 12.1. The van der Waals surface area contributed by atoms with Gasteiger partial charge in [-0.25, -0.2) is 4.98 Å². The van der Waals surface area contributed by atoms with Crippen molar-refractivity contribution in [3.63, 3.8) is 0 Å². The van der Waals surface area contributed by atoms with E-state index in [-0.39, 0.29) is 22.4 Å². The SMILES string of the molecule is COc1ccc2c(c1)C(=O)c1c-2n(CCCn2ccnc2)c(=O)c2cc([N+](=O)[O-])ccc12. The number of nitro groups is 1. The number of hydrogen-bond donors (Lipinski definition) is 0. The minimum Gasteiger partial charge on any atom is -0.497 e. The van der Waals surface area contributed by atoms with Gasteiger partial charge in [0.15, 0.2) is 5.78 Å². The Morgan fingerprint density at radius 3 is 2.62 bits per heavy atom. The number of nitrogens with zero attached hydrogens (tertiary/aromatic N) is 4. The number of ether oxygens (including phenoxy) is 1. The molecule has 0 atom stereocenters. The first-order chi connectivity index (χ1) is 15.5. The molecule has 9 heteroatoms. The molecule has 9 nitrogen and oxygen atoms in total. The highest BCUT2D eigenvalue weighted by Crippen LogP contribution is 2.41. The first-order valence-corrected chi connectivity index (χ1v) is 10.0. The highest BCUT2D eigenvalue weighted by Gasteiger charge is 2.33. The molecule has 0 spiro atoms. The fourth-order valence-electron chi connectivity index (χ4n) is 4.28. The zero-order valence-electron chi connectivity index (χ0n) is 17.1. The molecule has 0 fully saturated rings. The van der Waals surface area contributed by atoms with Gasteiger partial charge in [-0.15, -0.1) is 0 Å². The summed E-state index contributed by atoms with van der Waals surface area (Å²) in [6.07, 6.45) is 5.83. The van der Waals surface area contributed by atoms with Gasteiger partial charge in [-0.3, -0.25) is 19.7 Å². The van der Waals surface area contributed by atoms with Crippen molar-refractivity contribution in [3.8, 4) is 17.0 Å². The van der Waals surface area contributed by atoms with Crippen molar-refractivity contribution < 1.29 is 14.5 Å². The number of pyridine rings is 1. The quantitative estimate of drug-likeness (QED) is 0.302. The van der Waals surface area contributed by atoms with Gasteiger partial charge in [-0.05, 0) is 30.7 Å². The molecule has 0 N–H and O–H groups in total. The lowest BCUT2D eigenvalue weighted by atomic mass is 10.0. The predicted octanol–water partition coefficient (Wildman–Crippen LogP) is 3.42. The Kier molecular flexibility index (Phi) is 4.58. The van der Waals surface area contributed by atoms with Crippen LogP contribution in [-0.2, 0) is 13.1 Å². The van der Waals surface area contributed by atoms with Crippen LogP contribution in [0.3, 0.4) is 0 Å². The smallest absolute Gasteiger partial charge is 0.270 e. The van der Waals surface area contributed by atoms with Gasteiger partial charge in [-0.1, -0.05) is 0 Å². The van der Waals surface area contributed by atoms with Gasteiger partial charge in [0, 0.05) is 54.1 Å². The number of ketones is 1. The molecule has 160 valence electrons. The fraction of sp³-hybridized carbons (Fsp3) is 0.174. The average molecular weight is 430 g/mol. The number of aromatic nitrogens is 3. The highest BCUT2D eigenvalue weighted by molar-refractivity contribution is 6.26. The molecule has 2 heterocycles. The maximum Gasteiger partial charge on any atom is 0.270 e. The van der Waals surface area contributed by atoms with Crippen LogP contribution in [0.25, 0.3) is 22.0 Å². The van der Waals surface area contributed by atoms with Crippen LogP contribution in [0.2, 0.25) is 0 Å². The van der Waals surface area contributed by atoms with Gasteiger partial charge < -0.3 is 13.9 Å². The molecule has 2 aromatic heterocycles. The van der Waals surface area contributed by atoms with E-state index in [4.69, 9.17) is 4.74 Å². The monoisotopic (exact) mass is 430 g/mol. The second kappa shape index (κ2) is 7.45. The van der Waals surface area contributed by atoms with E-state index in [1.54, 1.807) is 35.3 Å². The van der Waals surface area contributed by atoms with Crippen LogP contribution < -0.4 is 10.3 Å². The number of benzene rings is 2. The standard InChI is InChI=1S/C23H18N4O5/c1-32-15-4-6-17-18(12-15)22(28)20-16-5-3-14(27(30)31)11-19(16)23(29)26(21(17)20)9-2-8-25-10-7-24-13-25/h3-7,10-13H,2,8-9H2,1H3. The Labute approximate surface area is 181 Å². The first kappa shape index (κ1) is 19.7. The number of hydrogen-bond acceptors (Lipinski definition) is 6. The third-order valence-corrected chi connectivity index (χ3v) is 5.78. The summed E-state index contributed by atoms with van der Waals surface area (Å²) in [5.74, 6) is 0.315. The van der Waals surface area contributed by atoms with Crippen LogP contribution in [0.4, 0.5) is 5.69 Å². The van der Waals surface area contributed by atoms with Crippen LogP contribution in [0.1, 0.15) is 22.3 Å². The minimum atomic E-state index is -0.545. The lowest BCUT2D eigenvalue weighted by molar-refractivity contribution is -0.384. The second-order valence-electron chi connectivity index (χ2n) is 7.56. The summed E-state index contributed by atoms with van der Waals surface area (Å²) in [6.45, 7) is 0.980. The van der Waals surface area contributed by atoms with Crippen molar-refractivity contribution in [2.24, 2.45) is 0 Å². The first-order valence-electron chi connectivity index (χ1n) is 10.0. The van der Waals surface area contributed by atoms with E-state index in [0.717, 1.165) is 0 Å². The number of non-ortho nitro benzene ring substituents is 1. The topological polar surface area (TPSA) is 109 Å². The zero-order chi connectivity index (χ0) is 22.4. The van der Waals surface area contributed by atoms with Crippen LogP contribution in [-0.4, -0.2) is 31.9 Å². The summed E-state index contributed by atoms with van der Waals surface area (Å²) in [5, 5.41) is 11.9. The summed E-state index contributed by atoms with van der Waals surface area (Å²) in [6, 6.07) is 9.26. The highest BCUT2D eigenvalue weighted by atomic mass is 16.6. The Morgan fingerprint density at radius 2 is 1.91 bits per heavy atom. The molecule has 0 saturated heterocycles. The molecule has 0 aliphatic heterocycles. The number of imidazole rings is 1. The molecule has 1 aliphatic rings. The number of carbonyl (C=O) groups is 1. The van der Waals surface area contributed by atoms with Gasteiger partial charge in [0.05, 0.1) is 35.0 Å². The van der Waals surface area contributed by atoms with Crippen molar-refractivity contribution in [3.05, 3.63) is 86.7 Å². The Balaban J connectivity index is 1.73. The zero-order valence-corrected chi connectivity index (χ0v) is 17.1. The van der Waals surface area contributed by atoms with Crippen LogP contribution in [0.5, 0.6) is 5.75 Å². The van der Waals surface area contributed by atoms with Gasteiger partial charge in [0.25, 0.3) is 11.2 Å². The predicted molar refractivity (Wildman–Crippen MR) is 117 cm³/mol. The average Bonchev–Trinajstić information content (AvgIpc) is 3.42. The molecule has 0 radical (unpaired) electrons. The second-order valence-corrected chi connectivity index (χ2v) is 7.56. The largest absolute Gasteiger partial charge is 0.497 e. The Morgan fingerprint density at radius 1 is 1.06 bits per heavy atom. The van der Waals surface area contributed by atoms with Crippen molar-refractivity contribution in [1.82, 2.24) is 14.1 Å². The molecule has 0 unspecified atom stereocenters. The number of methoxy groups -OCH3 is 1. The van der Waals surface area contributed by atoms with E-state index >= 15 is 0 Å². The Bertz CT molecular complexity index is 1450. The summed E-state index contributed by atoms with van der Waals surface area (Å²) >= 11 is 0. The van der Waals surface area contributed by atoms with E-state index in [1.807, 2.05) is 10.8 Å². The van der Waals surface area contributed by atoms with Gasteiger partial charge in [0.2, 0.25) is 0 Å². The van der Waals surface area contributed by atoms with E-state index in [0.29, 0.717) is 53.0 Å². The molecule has 4 aromatic rings. The maximum absolute atomic E-state index is 13.5. The molecule has 0 saturated carbocycles. The third kappa shape index (κ3) is 2.97. The number of carbonyl (C=O) groups excluding carboxylic acids is 1. The van der Waals surface area contributed by atoms with Gasteiger partial charge >= 0.3 is 0 Å². The maximum atomic E-state index is 13.5. The molecular formula is C23H18N4O5. The Hall–Kier alpha value is -4.27. The van der Waals surface area contributed by atoms with Gasteiger partial charge in [0.1, 0.15) is 5.75 Å². The van der Waals surface area contributed by atoms with Crippen molar-refractivity contribution in [2.45, 2.75) is 19.5 Å². The lowest BCUT2D eigenvalue weighted by Gasteiger charge is -2.15. The van der Waals surface area contributed by atoms with Crippen LogP contribution in [0, 0.1) is 10.1 Å². The van der Waals surface area contributed by atoms with Crippen molar-refractivity contribution in [2.75, 3.05) is 7.11 Å². The van der Waals surface area contributed by atoms with Crippen LogP contribution >= 0.6 is 0 Å². The number of aryl methyl sites for hydroxylation is 1. The van der Waals surface area contributed by atoms with E-state index < -0.39 is 4.92 Å². The van der Waals surface area contributed by atoms with E-state index in [9.17, 15) is 19.7 Å². The van der Waals surface area contributed by atoms with Crippen LogP contribution in [0.15, 0.2) is 59.9 Å². The summed E-state index contributed by atoms with van der Waals surface area (Å²) in [5.41, 5.74) is 1.50. The molecule has 0 bridgehead atoms. The molecule has 0 amide bonds. The number of fused-ring (bicyclic) bond motifs is 5. The summed E-state index contributed by atoms with van der Waals surface area (Å²) in [7, 11) is 1.52. The third-order valence-electron chi connectivity index (χ3n) is 5.78. The minimum absolute atomic E-state index is 0.161. The number of rotatable bonds is 6. The molecule has 1 aliphatic carbocycles. The fourth-order valence-corrected chi connectivity index (χ4v) is 4.28. The van der Waals surface area contributed by atoms with E-state index in [2.05, 4.69) is 4.98 Å². The molecule has 32 heavy (non-hydrogen) atoms.